The van der Waals surface area contributed by atoms with Gasteiger partial charge in [0.25, 0.3) is 11.5 Å². The van der Waals surface area contributed by atoms with Gasteiger partial charge in [0.05, 0.1) is 5.39 Å². The van der Waals surface area contributed by atoms with Crippen molar-refractivity contribution in [3.63, 3.8) is 0 Å². The van der Waals surface area contributed by atoms with Gasteiger partial charge in [-0.15, -0.1) is 0 Å². The number of carbonyl (C=O) groups excluding carboxylic acids is 2. The van der Waals surface area contributed by atoms with Crippen molar-refractivity contribution in [1.82, 2.24) is 9.78 Å². The van der Waals surface area contributed by atoms with Crippen molar-refractivity contribution in [3.05, 3.63) is 70.6 Å². The van der Waals surface area contributed by atoms with E-state index in [1.165, 1.54) is 9.58 Å². The molecule has 138 valence electrons. The van der Waals surface area contributed by atoms with Gasteiger partial charge < -0.3 is 9.64 Å². The number of ether oxygens (including phenoxy) is 1. The molecule has 0 spiro atoms. The van der Waals surface area contributed by atoms with Gasteiger partial charge in [0.2, 0.25) is 0 Å². The van der Waals surface area contributed by atoms with E-state index in [1.807, 2.05) is 18.2 Å². The zero-order valence-corrected chi connectivity index (χ0v) is 15.1. The van der Waals surface area contributed by atoms with Crippen LogP contribution in [0.1, 0.15) is 17.4 Å². The first kappa shape index (κ1) is 18.3. The monoisotopic (exact) mass is 365 g/mol. The summed E-state index contributed by atoms with van der Waals surface area (Å²) in [5, 5.41) is 4.89. The predicted octanol–water partition coefficient (Wildman–Crippen LogP) is 2.24. The number of aryl methyl sites for hydroxylation is 1. The van der Waals surface area contributed by atoms with Gasteiger partial charge in [0, 0.05) is 24.7 Å². The molecule has 2 aromatic carbocycles. The Bertz CT molecular complexity index is 1040. The first-order valence-corrected chi connectivity index (χ1v) is 8.51. The Morgan fingerprint density at radius 2 is 1.67 bits per heavy atom. The van der Waals surface area contributed by atoms with Crippen LogP contribution < -0.4 is 10.5 Å². The van der Waals surface area contributed by atoms with E-state index in [-0.39, 0.29) is 17.2 Å². The van der Waals surface area contributed by atoms with Crippen molar-refractivity contribution in [3.8, 4) is 0 Å². The highest BCUT2D eigenvalue weighted by Crippen LogP contribution is 2.15. The first-order chi connectivity index (χ1) is 13.0. The summed E-state index contributed by atoms with van der Waals surface area (Å²) in [7, 11) is 1.61. The lowest BCUT2D eigenvalue weighted by Gasteiger charge is -2.17. The highest BCUT2D eigenvalue weighted by atomic mass is 16.5. The largest absolute Gasteiger partial charge is 0.451 e. The molecule has 0 aliphatic heterocycles. The number of fused-ring (bicyclic) bond motifs is 1. The Balaban J connectivity index is 1.82. The summed E-state index contributed by atoms with van der Waals surface area (Å²) in [6.45, 7) is 1.65. The molecule has 1 aromatic heterocycles. The summed E-state index contributed by atoms with van der Waals surface area (Å²) >= 11 is 0. The fraction of sp³-hybridized carbons (Fsp3) is 0.200. The third-order valence-electron chi connectivity index (χ3n) is 4.20. The minimum absolute atomic E-state index is 0.0159. The molecule has 0 saturated heterocycles. The molecule has 7 nitrogen and oxygen atoms in total. The van der Waals surface area contributed by atoms with Crippen LogP contribution in [0.15, 0.2) is 59.4 Å². The average molecular weight is 365 g/mol. The maximum atomic E-state index is 12.5. The van der Waals surface area contributed by atoms with E-state index in [4.69, 9.17) is 4.74 Å². The zero-order chi connectivity index (χ0) is 19.4. The van der Waals surface area contributed by atoms with Crippen molar-refractivity contribution in [1.29, 1.82) is 0 Å². The minimum atomic E-state index is -0.747. The van der Waals surface area contributed by atoms with Crippen molar-refractivity contribution in [2.45, 2.75) is 13.5 Å². The minimum Gasteiger partial charge on any atom is -0.451 e. The van der Waals surface area contributed by atoms with E-state index in [9.17, 15) is 14.4 Å². The number of rotatable bonds is 5. The number of carbonyl (C=O) groups is 2. The quantitative estimate of drug-likeness (QED) is 0.648. The number of para-hydroxylation sites is 1. The second-order valence-electron chi connectivity index (χ2n) is 5.88. The number of amides is 1. The molecule has 3 aromatic rings. The lowest BCUT2D eigenvalue weighted by Crippen LogP contribution is -2.32. The maximum Gasteiger partial charge on any atom is 0.359 e. The van der Waals surface area contributed by atoms with Crippen molar-refractivity contribution >= 4 is 28.3 Å². The van der Waals surface area contributed by atoms with Crippen LogP contribution in [-0.2, 0) is 16.1 Å². The lowest BCUT2D eigenvalue weighted by atomic mass is 10.1. The molecule has 3 rings (SSSR count). The first-order valence-electron chi connectivity index (χ1n) is 8.51. The number of likely N-dealkylation sites (N-methyl/N-ethyl adjacent to an activating group) is 1. The number of benzene rings is 2. The Labute approximate surface area is 155 Å². The molecule has 0 radical (unpaired) electrons. The standard InChI is InChI=1S/C20H19N3O4/c1-3-23-19(25)16-12-8-7-11-15(16)18(21-23)20(26)27-13-17(24)22(2)14-9-5-4-6-10-14/h4-12H,3,13H2,1-2H3. The Hall–Kier alpha value is -3.48. The van der Waals surface area contributed by atoms with Crippen LogP contribution in [0.25, 0.3) is 10.8 Å². The second-order valence-corrected chi connectivity index (χ2v) is 5.88. The van der Waals surface area contributed by atoms with Crippen LogP contribution >= 0.6 is 0 Å². The molecule has 0 bridgehead atoms. The van der Waals surface area contributed by atoms with E-state index >= 15 is 0 Å². The van der Waals surface area contributed by atoms with E-state index < -0.39 is 12.6 Å². The summed E-state index contributed by atoms with van der Waals surface area (Å²) in [5.41, 5.74) is 0.438. The summed E-state index contributed by atoms with van der Waals surface area (Å²) in [6.07, 6.45) is 0. The van der Waals surface area contributed by atoms with Gasteiger partial charge in [-0.25, -0.2) is 9.48 Å². The van der Waals surface area contributed by atoms with Crippen molar-refractivity contribution in [2.24, 2.45) is 0 Å². The molecule has 1 heterocycles. The molecule has 0 aliphatic carbocycles. The highest BCUT2D eigenvalue weighted by molar-refractivity contribution is 6.03. The summed E-state index contributed by atoms with van der Waals surface area (Å²) in [4.78, 5) is 38.6. The molecule has 1 amide bonds. The van der Waals surface area contributed by atoms with E-state index in [0.717, 1.165) is 0 Å². The molecule has 7 heteroatoms. The van der Waals surface area contributed by atoms with E-state index in [2.05, 4.69) is 5.10 Å². The Morgan fingerprint density at radius 3 is 2.33 bits per heavy atom. The molecule has 0 N–H and O–H groups in total. The summed E-state index contributed by atoms with van der Waals surface area (Å²) in [6, 6.07) is 15.8. The van der Waals surface area contributed by atoms with Crippen LogP contribution in [0.4, 0.5) is 5.69 Å². The smallest absolute Gasteiger partial charge is 0.359 e. The van der Waals surface area contributed by atoms with E-state index in [0.29, 0.717) is 23.0 Å². The molecular formula is C20H19N3O4. The zero-order valence-electron chi connectivity index (χ0n) is 15.1. The van der Waals surface area contributed by atoms with Crippen molar-refractivity contribution in [2.75, 3.05) is 18.6 Å². The van der Waals surface area contributed by atoms with Gasteiger partial charge in [-0.2, -0.15) is 5.10 Å². The molecule has 0 aliphatic rings. The molecule has 0 atom stereocenters. The van der Waals surface area contributed by atoms with Crippen LogP contribution in [-0.4, -0.2) is 35.3 Å². The normalized spacial score (nSPS) is 10.6. The van der Waals surface area contributed by atoms with Crippen LogP contribution in [0.5, 0.6) is 0 Å². The summed E-state index contributed by atoms with van der Waals surface area (Å²) < 4.78 is 6.38. The fourth-order valence-electron chi connectivity index (χ4n) is 2.69. The van der Waals surface area contributed by atoms with Gasteiger partial charge in [0.15, 0.2) is 12.3 Å². The second kappa shape index (κ2) is 7.82. The third-order valence-corrected chi connectivity index (χ3v) is 4.20. The molecule has 0 unspecified atom stereocenters. The predicted molar refractivity (Wildman–Crippen MR) is 102 cm³/mol. The number of esters is 1. The van der Waals surface area contributed by atoms with Crippen LogP contribution in [0.3, 0.4) is 0 Å². The molecular weight excluding hydrogens is 346 g/mol. The topological polar surface area (TPSA) is 81.5 Å². The van der Waals surface area contributed by atoms with Crippen LogP contribution in [0, 0.1) is 0 Å². The summed E-state index contributed by atoms with van der Waals surface area (Å²) in [5.74, 6) is -1.12. The van der Waals surface area contributed by atoms with Gasteiger partial charge in [-0.05, 0) is 25.1 Å². The molecule has 0 saturated carbocycles. The molecule has 0 fully saturated rings. The van der Waals surface area contributed by atoms with Gasteiger partial charge in [-0.1, -0.05) is 36.4 Å². The highest BCUT2D eigenvalue weighted by Gasteiger charge is 2.20. The third kappa shape index (κ3) is 3.72. The number of anilines is 1. The number of nitrogens with zero attached hydrogens (tertiary/aromatic N) is 3. The van der Waals surface area contributed by atoms with Gasteiger partial charge in [-0.3, -0.25) is 9.59 Å². The van der Waals surface area contributed by atoms with Crippen LogP contribution in [0.2, 0.25) is 0 Å². The number of hydrogen-bond acceptors (Lipinski definition) is 5. The lowest BCUT2D eigenvalue weighted by molar-refractivity contribution is -0.121. The van der Waals surface area contributed by atoms with Gasteiger partial charge >= 0.3 is 5.97 Å². The SMILES string of the molecule is CCn1nc(C(=O)OCC(=O)N(C)c2ccccc2)c2ccccc2c1=O. The average Bonchev–Trinajstić information content (AvgIpc) is 2.72. The molecule has 27 heavy (non-hydrogen) atoms. The van der Waals surface area contributed by atoms with Gasteiger partial charge in [0.1, 0.15) is 0 Å². The number of aromatic nitrogens is 2. The Kier molecular flexibility index (Phi) is 5.30. The van der Waals surface area contributed by atoms with Crippen molar-refractivity contribution < 1.29 is 14.3 Å². The fourth-order valence-corrected chi connectivity index (χ4v) is 2.69. The van der Waals surface area contributed by atoms with E-state index in [1.54, 1.807) is 50.4 Å². The Morgan fingerprint density at radius 1 is 1.04 bits per heavy atom. The number of hydrogen-bond donors (Lipinski definition) is 0. The maximum absolute atomic E-state index is 12.5.